The van der Waals surface area contributed by atoms with E-state index in [0.29, 0.717) is 30.5 Å². The van der Waals surface area contributed by atoms with Gasteiger partial charge in [-0.1, -0.05) is 25.4 Å². The molecule has 0 radical (unpaired) electrons. The van der Waals surface area contributed by atoms with Crippen molar-refractivity contribution in [2.24, 2.45) is 11.8 Å². The molecular formula is C15H21ClN2O3S. The highest BCUT2D eigenvalue weighted by Crippen LogP contribution is 2.26. The topological polar surface area (TPSA) is 66.5 Å². The van der Waals surface area contributed by atoms with Crippen LogP contribution < -0.4 is 4.72 Å². The van der Waals surface area contributed by atoms with Crippen LogP contribution >= 0.6 is 11.6 Å². The first-order valence-electron chi connectivity index (χ1n) is 7.27. The average Bonchev–Trinajstić information content (AvgIpc) is 2.45. The van der Waals surface area contributed by atoms with Crippen LogP contribution in [0.2, 0.25) is 5.02 Å². The number of piperidine rings is 1. The Bertz CT molecular complexity index is 665. The van der Waals surface area contributed by atoms with E-state index in [1.807, 2.05) is 0 Å². The van der Waals surface area contributed by atoms with Crippen LogP contribution in [0.1, 0.15) is 30.6 Å². The van der Waals surface area contributed by atoms with Crippen LogP contribution in [0.3, 0.4) is 0 Å². The molecular weight excluding hydrogens is 324 g/mol. The number of sulfonamides is 1. The molecule has 0 aliphatic carbocycles. The molecule has 1 saturated heterocycles. The fourth-order valence-electron chi connectivity index (χ4n) is 2.96. The first-order valence-corrected chi connectivity index (χ1v) is 9.13. The van der Waals surface area contributed by atoms with Crippen LogP contribution in [0.15, 0.2) is 23.1 Å². The Morgan fingerprint density at radius 1 is 1.27 bits per heavy atom. The minimum absolute atomic E-state index is 0.0689. The van der Waals surface area contributed by atoms with Gasteiger partial charge in [-0.05, 0) is 43.5 Å². The lowest BCUT2D eigenvalue weighted by Crippen LogP contribution is -2.42. The highest BCUT2D eigenvalue weighted by atomic mass is 35.5. The van der Waals surface area contributed by atoms with E-state index in [-0.39, 0.29) is 15.8 Å². The van der Waals surface area contributed by atoms with E-state index in [0.717, 1.165) is 6.42 Å². The number of carbonyl (C=O) groups excluding carboxylic acids is 1. The maximum Gasteiger partial charge on any atom is 0.253 e. The van der Waals surface area contributed by atoms with E-state index in [2.05, 4.69) is 18.6 Å². The Labute approximate surface area is 136 Å². The number of amides is 1. The largest absolute Gasteiger partial charge is 0.338 e. The Kier molecular flexibility index (Phi) is 5.14. The highest BCUT2D eigenvalue weighted by Gasteiger charge is 2.27. The van der Waals surface area contributed by atoms with Crippen molar-refractivity contribution in [3.05, 3.63) is 28.8 Å². The number of carbonyl (C=O) groups is 1. The standard InChI is InChI=1S/C15H21ClN2O3S/c1-10-6-11(2)9-18(8-10)15(19)12-4-5-13(16)14(7-12)22(20,21)17-3/h4-5,7,10-11,17H,6,8-9H2,1-3H3/t10-,11-/m0/s1. The third kappa shape index (κ3) is 3.62. The van der Waals surface area contributed by atoms with Crippen LogP contribution in [0.25, 0.3) is 0 Å². The summed E-state index contributed by atoms with van der Waals surface area (Å²) < 4.78 is 26.1. The van der Waals surface area contributed by atoms with Gasteiger partial charge in [-0.3, -0.25) is 4.79 Å². The summed E-state index contributed by atoms with van der Waals surface area (Å²) >= 11 is 5.95. The minimum atomic E-state index is -3.69. The maximum atomic E-state index is 12.6. The molecule has 0 saturated carbocycles. The summed E-state index contributed by atoms with van der Waals surface area (Å²) in [5.74, 6) is 0.739. The zero-order chi connectivity index (χ0) is 16.5. The second kappa shape index (κ2) is 6.56. The monoisotopic (exact) mass is 344 g/mol. The molecule has 1 aliphatic heterocycles. The summed E-state index contributed by atoms with van der Waals surface area (Å²) in [6.07, 6.45) is 1.10. The fraction of sp³-hybridized carbons (Fsp3) is 0.533. The number of benzene rings is 1. The second-order valence-electron chi connectivity index (χ2n) is 6.01. The van der Waals surface area contributed by atoms with Crippen molar-refractivity contribution in [3.63, 3.8) is 0 Å². The average molecular weight is 345 g/mol. The number of nitrogens with zero attached hydrogens (tertiary/aromatic N) is 1. The molecule has 1 heterocycles. The molecule has 1 aliphatic rings. The predicted molar refractivity (Wildman–Crippen MR) is 86.5 cm³/mol. The van der Waals surface area contributed by atoms with Gasteiger partial charge in [0.25, 0.3) is 5.91 Å². The summed E-state index contributed by atoms with van der Waals surface area (Å²) in [6.45, 7) is 5.63. The van der Waals surface area contributed by atoms with Crippen molar-refractivity contribution in [2.75, 3.05) is 20.1 Å². The van der Waals surface area contributed by atoms with Gasteiger partial charge in [0.15, 0.2) is 0 Å². The molecule has 1 aromatic rings. The fourth-order valence-corrected chi connectivity index (χ4v) is 4.21. The van der Waals surface area contributed by atoms with Gasteiger partial charge >= 0.3 is 0 Å². The zero-order valence-corrected chi connectivity index (χ0v) is 14.5. The molecule has 0 aromatic heterocycles. The van der Waals surface area contributed by atoms with Crippen molar-refractivity contribution in [1.82, 2.24) is 9.62 Å². The van der Waals surface area contributed by atoms with E-state index in [1.54, 1.807) is 11.0 Å². The Morgan fingerprint density at radius 2 is 1.86 bits per heavy atom. The number of hydrogen-bond acceptors (Lipinski definition) is 3. The maximum absolute atomic E-state index is 12.6. The molecule has 0 unspecified atom stereocenters. The summed E-state index contributed by atoms with van der Waals surface area (Å²) in [6, 6.07) is 4.37. The smallest absolute Gasteiger partial charge is 0.253 e. The van der Waals surface area contributed by atoms with Crippen LogP contribution in [0.4, 0.5) is 0 Å². The van der Waals surface area contributed by atoms with E-state index >= 15 is 0 Å². The van der Waals surface area contributed by atoms with Crippen molar-refractivity contribution in [2.45, 2.75) is 25.2 Å². The summed E-state index contributed by atoms with van der Waals surface area (Å²) in [5, 5.41) is 0.103. The normalized spacial score (nSPS) is 22.6. The second-order valence-corrected chi connectivity index (χ2v) is 8.27. The minimum Gasteiger partial charge on any atom is -0.338 e. The Morgan fingerprint density at radius 3 is 2.41 bits per heavy atom. The SMILES string of the molecule is CNS(=O)(=O)c1cc(C(=O)N2C[C@@H](C)C[C@H](C)C2)ccc1Cl. The molecule has 2 rings (SSSR count). The summed E-state index contributed by atoms with van der Waals surface area (Å²) in [7, 11) is -2.38. The Balaban J connectivity index is 2.33. The first-order chi connectivity index (χ1) is 10.2. The van der Waals surface area contributed by atoms with Crippen molar-refractivity contribution in [1.29, 1.82) is 0 Å². The zero-order valence-electron chi connectivity index (χ0n) is 13.0. The summed E-state index contributed by atoms with van der Waals surface area (Å²) in [5.41, 5.74) is 0.347. The van der Waals surface area contributed by atoms with Gasteiger partial charge in [0.05, 0.1) is 5.02 Å². The molecule has 2 atom stereocenters. The molecule has 0 bridgehead atoms. The predicted octanol–water partition coefficient (Wildman–Crippen LogP) is 2.37. The molecule has 1 amide bonds. The lowest BCUT2D eigenvalue weighted by Gasteiger charge is -2.35. The van der Waals surface area contributed by atoms with Crippen LogP contribution in [0, 0.1) is 11.8 Å². The molecule has 7 heteroatoms. The summed E-state index contributed by atoms with van der Waals surface area (Å²) in [4.78, 5) is 14.4. The molecule has 22 heavy (non-hydrogen) atoms. The first kappa shape index (κ1) is 17.2. The Hall–Kier alpha value is -1.11. The molecule has 122 valence electrons. The quantitative estimate of drug-likeness (QED) is 0.915. The van der Waals surface area contributed by atoms with Crippen LogP contribution in [-0.2, 0) is 10.0 Å². The number of hydrogen-bond donors (Lipinski definition) is 1. The molecule has 0 spiro atoms. The molecule has 1 N–H and O–H groups in total. The van der Waals surface area contributed by atoms with Gasteiger partial charge in [0, 0.05) is 18.7 Å². The lowest BCUT2D eigenvalue weighted by atomic mass is 9.91. The third-order valence-electron chi connectivity index (χ3n) is 3.89. The number of nitrogens with one attached hydrogen (secondary N) is 1. The molecule has 5 nitrogen and oxygen atoms in total. The van der Waals surface area contributed by atoms with Gasteiger partial charge < -0.3 is 4.90 Å². The lowest BCUT2D eigenvalue weighted by molar-refractivity contribution is 0.0623. The van der Waals surface area contributed by atoms with E-state index in [9.17, 15) is 13.2 Å². The number of likely N-dealkylation sites (tertiary alicyclic amines) is 1. The van der Waals surface area contributed by atoms with Crippen molar-refractivity contribution in [3.8, 4) is 0 Å². The van der Waals surface area contributed by atoms with Gasteiger partial charge in [-0.2, -0.15) is 0 Å². The van der Waals surface area contributed by atoms with Crippen molar-refractivity contribution >= 4 is 27.5 Å². The van der Waals surface area contributed by atoms with E-state index < -0.39 is 10.0 Å². The van der Waals surface area contributed by atoms with Gasteiger partial charge in [0.1, 0.15) is 4.90 Å². The highest BCUT2D eigenvalue weighted by molar-refractivity contribution is 7.89. The van der Waals surface area contributed by atoms with Crippen LogP contribution in [-0.4, -0.2) is 39.4 Å². The van der Waals surface area contributed by atoms with Crippen molar-refractivity contribution < 1.29 is 13.2 Å². The molecule has 1 fully saturated rings. The van der Waals surface area contributed by atoms with E-state index in [1.165, 1.54) is 19.2 Å². The number of halogens is 1. The number of rotatable bonds is 3. The van der Waals surface area contributed by atoms with Gasteiger partial charge in [0.2, 0.25) is 10.0 Å². The third-order valence-corrected chi connectivity index (χ3v) is 5.79. The molecule has 1 aromatic carbocycles. The van der Waals surface area contributed by atoms with Crippen LogP contribution in [0.5, 0.6) is 0 Å². The van der Waals surface area contributed by atoms with Gasteiger partial charge in [-0.15, -0.1) is 0 Å². The van der Waals surface area contributed by atoms with Gasteiger partial charge in [-0.25, -0.2) is 13.1 Å². The van der Waals surface area contributed by atoms with E-state index in [4.69, 9.17) is 11.6 Å².